The number of thioether (sulfide) groups is 1. The first-order valence-corrected chi connectivity index (χ1v) is 6.94. The van der Waals surface area contributed by atoms with Crippen molar-refractivity contribution in [1.82, 2.24) is 0 Å². The second-order valence-electron chi connectivity index (χ2n) is 3.97. The van der Waals surface area contributed by atoms with E-state index in [1.165, 1.54) is 11.8 Å². The summed E-state index contributed by atoms with van der Waals surface area (Å²) in [5.41, 5.74) is 1.39. The average Bonchev–Trinajstić information content (AvgIpc) is 2.47. The Balaban J connectivity index is 1.91. The van der Waals surface area contributed by atoms with E-state index in [-0.39, 0.29) is 12.5 Å². The van der Waals surface area contributed by atoms with E-state index < -0.39 is 0 Å². The fraction of sp³-hybridized carbons (Fsp3) is 0.133. The van der Waals surface area contributed by atoms with E-state index in [9.17, 15) is 9.90 Å². The molecule has 0 saturated heterocycles. The Morgan fingerprint density at radius 1 is 1.05 bits per heavy atom. The maximum atomic E-state index is 11.8. The second kappa shape index (κ2) is 6.97. The van der Waals surface area contributed by atoms with Crippen LogP contribution in [0.4, 0.5) is 5.69 Å². The van der Waals surface area contributed by atoms with Crippen molar-refractivity contribution in [3.05, 3.63) is 60.2 Å². The summed E-state index contributed by atoms with van der Waals surface area (Å²) in [5.74, 6) is 0.277. The molecule has 0 atom stereocenters. The Labute approximate surface area is 116 Å². The van der Waals surface area contributed by atoms with Crippen LogP contribution in [-0.2, 0) is 11.4 Å². The summed E-state index contributed by atoms with van der Waals surface area (Å²) in [6, 6.07) is 17.0. The lowest BCUT2D eigenvalue weighted by Crippen LogP contribution is -2.15. The monoisotopic (exact) mass is 273 g/mol. The number of hydrogen-bond donors (Lipinski definition) is 2. The molecular formula is C15H15NO2S. The van der Waals surface area contributed by atoms with Gasteiger partial charge in [-0.15, -0.1) is 11.8 Å². The minimum atomic E-state index is -0.0811. The van der Waals surface area contributed by atoms with Gasteiger partial charge in [-0.3, -0.25) is 4.79 Å². The van der Waals surface area contributed by atoms with Crippen LogP contribution in [0.3, 0.4) is 0 Å². The molecule has 0 bridgehead atoms. The van der Waals surface area contributed by atoms with E-state index in [0.29, 0.717) is 11.4 Å². The molecule has 2 rings (SSSR count). The summed E-state index contributed by atoms with van der Waals surface area (Å²) in [5, 5.41) is 12.0. The van der Waals surface area contributed by atoms with E-state index >= 15 is 0 Å². The number of carbonyl (C=O) groups excluding carboxylic acids is 1. The Kier molecular flexibility index (Phi) is 5.01. The number of aliphatic hydroxyl groups is 1. The van der Waals surface area contributed by atoms with Crippen LogP contribution in [-0.4, -0.2) is 16.8 Å². The zero-order valence-electron chi connectivity index (χ0n) is 10.4. The van der Waals surface area contributed by atoms with Gasteiger partial charge in [-0.05, 0) is 18.2 Å². The van der Waals surface area contributed by atoms with Gasteiger partial charge in [-0.2, -0.15) is 0 Å². The van der Waals surface area contributed by atoms with Crippen LogP contribution >= 0.6 is 11.8 Å². The Bertz CT molecular complexity index is 543. The molecule has 2 N–H and O–H groups in total. The highest BCUT2D eigenvalue weighted by atomic mass is 32.2. The molecular weight excluding hydrogens is 258 g/mol. The van der Waals surface area contributed by atoms with Gasteiger partial charge in [0, 0.05) is 16.1 Å². The first-order chi connectivity index (χ1) is 9.29. The number of aliphatic hydroxyl groups excluding tert-OH is 1. The van der Waals surface area contributed by atoms with Crippen molar-refractivity contribution in [3.63, 3.8) is 0 Å². The molecule has 3 nitrogen and oxygen atoms in total. The summed E-state index contributed by atoms with van der Waals surface area (Å²) in [6.07, 6.45) is 0. The van der Waals surface area contributed by atoms with Gasteiger partial charge in [0.15, 0.2) is 0 Å². The lowest BCUT2D eigenvalue weighted by Gasteiger charge is -2.09. The maximum Gasteiger partial charge on any atom is 0.234 e. The lowest BCUT2D eigenvalue weighted by molar-refractivity contribution is -0.113. The first kappa shape index (κ1) is 13.6. The predicted molar refractivity (Wildman–Crippen MR) is 78.2 cm³/mol. The average molecular weight is 273 g/mol. The van der Waals surface area contributed by atoms with E-state index in [0.717, 1.165) is 10.5 Å². The summed E-state index contributed by atoms with van der Waals surface area (Å²) >= 11 is 1.49. The standard InChI is InChI=1S/C15H15NO2S/c17-10-12-6-4-5-9-14(12)16-15(18)11-19-13-7-2-1-3-8-13/h1-9,17H,10-11H2,(H,16,18). The first-order valence-electron chi connectivity index (χ1n) is 5.96. The van der Waals surface area contributed by atoms with Crippen molar-refractivity contribution in [3.8, 4) is 0 Å². The molecule has 0 unspecified atom stereocenters. The fourth-order valence-corrected chi connectivity index (χ4v) is 2.35. The lowest BCUT2D eigenvalue weighted by atomic mass is 10.2. The van der Waals surface area contributed by atoms with Crippen LogP contribution in [0.25, 0.3) is 0 Å². The van der Waals surface area contributed by atoms with Gasteiger partial charge in [0.2, 0.25) is 5.91 Å². The van der Waals surface area contributed by atoms with Gasteiger partial charge in [0.05, 0.1) is 12.4 Å². The van der Waals surface area contributed by atoms with Crippen LogP contribution in [0.15, 0.2) is 59.5 Å². The number of anilines is 1. The quantitative estimate of drug-likeness (QED) is 0.824. The van der Waals surface area contributed by atoms with Crippen molar-refractivity contribution in [2.24, 2.45) is 0 Å². The molecule has 0 fully saturated rings. The molecule has 0 aromatic heterocycles. The van der Waals surface area contributed by atoms with Gasteiger partial charge in [-0.25, -0.2) is 0 Å². The van der Waals surface area contributed by atoms with Gasteiger partial charge >= 0.3 is 0 Å². The molecule has 0 radical (unpaired) electrons. The second-order valence-corrected chi connectivity index (χ2v) is 5.01. The number of para-hydroxylation sites is 1. The number of carbonyl (C=O) groups is 1. The summed E-state index contributed by atoms with van der Waals surface area (Å²) in [4.78, 5) is 12.9. The highest BCUT2D eigenvalue weighted by Gasteiger charge is 2.06. The molecule has 0 heterocycles. The van der Waals surface area contributed by atoms with E-state index in [2.05, 4.69) is 5.32 Å². The maximum absolute atomic E-state index is 11.8. The van der Waals surface area contributed by atoms with Crippen LogP contribution < -0.4 is 5.32 Å². The minimum absolute atomic E-state index is 0.0743. The van der Waals surface area contributed by atoms with Crippen LogP contribution in [0.1, 0.15) is 5.56 Å². The van der Waals surface area contributed by atoms with Gasteiger partial charge in [0.25, 0.3) is 0 Å². The molecule has 0 aliphatic carbocycles. The largest absolute Gasteiger partial charge is 0.392 e. The SMILES string of the molecule is O=C(CSc1ccccc1)Nc1ccccc1CO. The normalized spacial score (nSPS) is 10.2. The highest BCUT2D eigenvalue weighted by molar-refractivity contribution is 8.00. The zero-order valence-corrected chi connectivity index (χ0v) is 11.2. The Hall–Kier alpha value is -1.78. The molecule has 4 heteroatoms. The molecule has 2 aromatic rings. The van der Waals surface area contributed by atoms with Crippen molar-refractivity contribution >= 4 is 23.4 Å². The van der Waals surface area contributed by atoms with E-state index in [4.69, 9.17) is 0 Å². The number of rotatable bonds is 5. The molecule has 0 aliphatic rings. The van der Waals surface area contributed by atoms with Crippen molar-refractivity contribution in [2.45, 2.75) is 11.5 Å². The van der Waals surface area contributed by atoms with Crippen molar-refractivity contribution < 1.29 is 9.90 Å². The molecule has 1 amide bonds. The molecule has 19 heavy (non-hydrogen) atoms. The molecule has 0 aliphatic heterocycles. The topological polar surface area (TPSA) is 49.3 Å². The van der Waals surface area contributed by atoms with Crippen LogP contribution in [0, 0.1) is 0 Å². The highest BCUT2D eigenvalue weighted by Crippen LogP contribution is 2.19. The van der Waals surface area contributed by atoms with E-state index in [1.54, 1.807) is 12.1 Å². The third kappa shape index (κ3) is 4.12. The predicted octanol–water partition coefficient (Wildman–Crippen LogP) is 2.91. The number of hydrogen-bond acceptors (Lipinski definition) is 3. The van der Waals surface area contributed by atoms with Gasteiger partial charge < -0.3 is 10.4 Å². The number of nitrogens with one attached hydrogen (secondary N) is 1. The van der Waals surface area contributed by atoms with Gasteiger partial charge in [0.1, 0.15) is 0 Å². The summed E-state index contributed by atoms with van der Waals surface area (Å²) in [7, 11) is 0. The molecule has 98 valence electrons. The van der Waals surface area contributed by atoms with Crippen molar-refractivity contribution in [1.29, 1.82) is 0 Å². The zero-order chi connectivity index (χ0) is 13.5. The summed E-state index contributed by atoms with van der Waals surface area (Å²) < 4.78 is 0. The Morgan fingerprint density at radius 2 is 1.74 bits per heavy atom. The molecule has 0 spiro atoms. The molecule has 0 saturated carbocycles. The summed E-state index contributed by atoms with van der Waals surface area (Å²) in [6.45, 7) is -0.0811. The smallest absolute Gasteiger partial charge is 0.234 e. The number of amides is 1. The molecule has 2 aromatic carbocycles. The minimum Gasteiger partial charge on any atom is -0.392 e. The number of benzene rings is 2. The van der Waals surface area contributed by atoms with E-state index in [1.807, 2.05) is 42.5 Å². The van der Waals surface area contributed by atoms with Crippen LogP contribution in [0.5, 0.6) is 0 Å². The van der Waals surface area contributed by atoms with Gasteiger partial charge in [-0.1, -0.05) is 36.4 Å². The van der Waals surface area contributed by atoms with Crippen LogP contribution in [0.2, 0.25) is 0 Å². The van der Waals surface area contributed by atoms with Crippen molar-refractivity contribution in [2.75, 3.05) is 11.1 Å². The third-order valence-corrected chi connectivity index (χ3v) is 3.59. The fourth-order valence-electron chi connectivity index (χ4n) is 1.63. The Morgan fingerprint density at radius 3 is 2.47 bits per heavy atom. The third-order valence-electron chi connectivity index (χ3n) is 2.57.